The predicted molar refractivity (Wildman–Crippen MR) is 600 cm³/mol. The van der Waals surface area contributed by atoms with Crippen molar-refractivity contribution >= 4 is 133 Å². The zero-order chi connectivity index (χ0) is 99.8. The molecule has 0 aliphatic rings. The summed E-state index contributed by atoms with van der Waals surface area (Å²) in [5.41, 5.74) is 32.5. The number of rotatable bonds is 20. The van der Waals surface area contributed by atoms with Crippen LogP contribution in [0.25, 0.3) is 154 Å². The predicted octanol–water partition coefficient (Wildman–Crippen LogP) is 39.7. The number of nitrogens with zero attached hydrogens (tertiary/aromatic N) is 4. The summed E-state index contributed by atoms with van der Waals surface area (Å²) in [7, 11) is 0. The molecule has 0 atom stereocenters. The number of benzene rings is 24. The van der Waals surface area contributed by atoms with Crippen LogP contribution in [0.5, 0.6) is 0 Å². The van der Waals surface area contributed by atoms with Gasteiger partial charge in [0.2, 0.25) is 0 Å². The molecule has 0 fully saturated rings. The van der Waals surface area contributed by atoms with Crippen LogP contribution in [0, 0.1) is 90.3 Å². The molecule has 4 nitrogen and oxygen atoms in total. The zero-order valence-electron chi connectivity index (χ0n) is 81.8. The van der Waals surface area contributed by atoms with Crippen LogP contribution >= 0.6 is 0 Å². The quantitative estimate of drug-likeness (QED) is 0.0557. The van der Waals surface area contributed by atoms with Crippen molar-refractivity contribution in [1.29, 1.82) is 0 Å². The lowest BCUT2D eigenvalue weighted by Gasteiger charge is -2.30. The molecule has 0 aliphatic heterocycles. The third kappa shape index (κ3) is 17.7. The normalized spacial score (nSPS) is 11.5. The molecule has 0 bridgehead atoms. The highest BCUT2D eigenvalue weighted by atomic mass is 19.2. The SMILES string of the molecule is Cc1cccc(-c2cc(-c3cccc(C)c3)cc(N(c3ccc(F)cc3F)c3ccc4ccc5c(N(c6cc(-c7cccc(C)c7)cc(-c7cccc(C)c7)c6)c6ccc(F)cc6F)ccc6ccc3c4c65)c2)c1.Cc1cccc(-c2cc(-c3cccc(C)c3)cc(N(c3ccccc3F)c3ccc4ccc5c(N(c6cc(-c7cccc(C)c7)cc(-c7cccc(C)c7)c6)c6ccccc6F)ccc6ccc3c4c65)c2)c1. The second kappa shape index (κ2) is 38.2. The first kappa shape index (κ1) is 91.9. The summed E-state index contributed by atoms with van der Waals surface area (Å²) in [6.07, 6.45) is 0. The molecule has 0 radical (unpaired) electrons. The summed E-state index contributed by atoms with van der Waals surface area (Å²) in [4.78, 5) is 7.94. The summed E-state index contributed by atoms with van der Waals surface area (Å²) in [5, 5.41) is 11.5. The molecule has 0 saturated carbocycles. The fourth-order valence-electron chi connectivity index (χ4n) is 21.4. The van der Waals surface area contributed by atoms with Gasteiger partial charge in [0.05, 0.1) is 45.5 Å². The van der Waals surface area contributed by atoms with E-state index in [9.17, 15) is 8.78 Å². The van der Waals surface area contributed by atoms with Crippen molar-refractivity contribution in [1.82, 2.24) is 0 Å². The Labute approximate surface area is 845 Å². The van der Waals surface area contributed by atoms with Gasteiger partial charge in [-0.05, 0) is 333 Å². The minimum absolute atomic E-state index is 0.176. The fraction of sp³-hybridized carbons (Fsp3) is 0.0588. The Kier molecular flexibility index (Phi) is 24.0. The van der Waals surface area contributed by atoms with E-state index >= 15 is 17.6 Å². The molecule has 0 heterocycles. The Balaban J connectivity index is 0.000000161. The first-order chi connectivity index (χ1) is 71.0. The van der Waals surface area contributed by atoms with E-state index in [-0.39, 0.29) is 23.0 Å². The lowest BCUT2D eigenvalue weighted by atomic mass is 9.91. The molecule has 0 amide bonds. The maximum atomic E-state index is 16.7. The third-order valence-electron chi connectivity index (χ3n) is 28.2. The highest BCUT2D eigenvalue weighted by Gasteiger charge is 2.31. The van der Waals surface area contributed by atoms with E-state index in [0.717, 1.165) is 233 Å². The monoisotopic (exact) mass is 1900 g/mol. The number of para-hydroxylation sites is 2. The van der Waals surface area contributed by atoms with Gasteiger partial charge in [0.25, 0.3) is 0 Å². The van der Waals surface area contributed by atoms with Crippen LogP contribution in [0.1, 0.15) is 44.5 Å². The average Bonchev–Trinajstić information content (AvgIpc) is 0.718. The molecule has 0 unspecified atom stereocenters. The van der Waals surface area contributed by atoms with Crippen molar-refractivity contribution in [2.24, 2.45) is 0 Å². The summed E-state index contributed by atoms with van der Waals surface area (Å²) in [6.45, 7) is 16.7. The van der Waals surface area contributed by atoms with Gasteiger partial charge in [-0.3, -0.25) is 0 Å². The molecule has 0 spiro atoms. The van der Waals surface area contributed by atoms with Gasteiger partial charge in [0, 0.05) is 56.4 Å². The van der Waals surface area contributed by atoms with Gasteiger partial charge in [-0.25, -0.2) is 26.3 Å². The number of aryl methyl sites for hydroxylation is 8. The minimum atomic E-state index is -0.717. The van der Waals surface area contributed by atoms with E-state index in [4.69, 9.17) is 0 Å². The number of hydrogen-bond acceptors (Lipinski definition) is 4. The van der Waals surface area contributed by atoms with Crippen LogP contribution in [-0.2, 0) is 0 Å². The number of halogens is 6. The Morgan fingerprint density at radius 3 is 0.514 bits per heavy atom. The van der Waals surface area contributed by atoms with E-state index in [2.05, 4.69) is 381 Å². The Hall–Kier alpha value is -17.9. The van der Waals surface area contributed by atoms with Gasteiger partial charge >= 0.3 is 0 Å². The molecule has 0 aliphatic carbocycles. The van der Waals surface area contributed by atoms with Crippen molar-refractivity contribution in [2.45, 2.75) is 55.4 Å². The van der Waals surface area contributed by atoms with Crippen LogP contribution < -0.4 is 19.6 Å². The van der Waals surface area contributed by atoms with Crippen molar-refractivity contribution in [2.75, 3.05) is 19.6 Å². The molecule has 704 valence electrons. The Morgan fingerprint density at radius 2 is 0.322 bits per heavy atom. The first-order valence-corrected chi connectivity index (χ1v) is 49.2. The molecular formula is C136H98F6N4. The smallest absolute Gasteiger partial charge is 0.150 e. The molecule has 24 aromatic carbocycles. The van der Waals surface area contributed by atoms with Crippen LogP contribution in [0.4, 0.5) is 94.6 Å². The van der Waals surface area contributed by atoms with E-state index < -0.39 is 23.3 Å². The highest BCUT2D eigenvalue weighted by Crippen LogP contribution is 2.55. The van der Waals surface area contributed by atoms with Crippen molar-refractivity contribution < 1.29 is 26.3 Å². The van der Waals surface area contributed by atoms with Gasteiger partial charge in [0.15, 0.2) is 0 Å². The molecule has 24 aromatic rings. The van der Waals surface area contributed by atoms with Gasteiger partial charge in [-0.2, -0.15) is 0 Å². The van der Waals surface area contributed by atoms with Gasteiger partial charge < -0.3 is 19.6 Å². The molecule has 24 rings (SSSR count). The van der Waals surface area contributed by atoms with Gasteiger partial charge in [-0.1, -0.05) is 336 Å². The van der Waals surface area contributed by atoms with E-state index in [0.29, 0.717) is 34.1 Å². The maximum Gasteiger partial charge on any atom is 0.150 e. The van der Waals surface area contributed by atoms with E-state index in [1.807, 2.05) is 82.6 Å². The van der Waals surface area contributed by atoms with Gasteiger partial charge in [-0.15, -0.1) is 0 Å². The fourth-order valence-corrected chi connectivity index (χ4v) is 21.4. The minimum Gasteiger partial charge on any atom is -0.307 e. The highest BCUT2D eigenvalue weighted by molar-refractivity contribution is 6.30. The van der Waals surface area contributed by atoms with E-state index in [1.165, 1.54) is 36.4 Å². The Morgan fingerprint density at radius 1 is 0.137 bits per heavy atom. The average molecular weight is 1900 g/mol. The lowest BCUT2D eigenvalue weighted by molar-refractivity contribution is 0.583. The maximum absolute atomic E-state index is 16.7. The van der Waals surface area contributed by atoms with Crippen LogP contribution in [0.3, 0.4) is 0 Å². The second-order valence-electron chi connectivity index (χ2n) is 38.6. The topological polar surface area (TPSA) is 13.0 Å². The standard InChI is InChI=1S/C68H48F4N2.C68H50F2N2/c1-41-9-5-13-47(29-41)51-33-52(48-14-6-10-42(2)30-48)36-57(35-51)73(65-27-21-55(69)39-61(65)71)63-25-19-45-18-24-60-64(26-20-46-17-23-59(63)67(45)68(46)60)74(66-28-22-56(70)40-62(66)72)58-37-53(49-15-7-11-43(3)31-49)34-54(38-58)50-16-8-12-44(4)32-50;1-43-13-9-17-49(33-43)53-37-54(50-18-10-14-44(2)34-50)40-57(39-53)71(65-23-7-5-21-61(65)69)63-31-27-47-26-30-60-64(32-28-48-25-29-59(63)67(47)68(48)60)72(66-24-8-6-22-62(66)70)58-41-55(51-19-11-15-45(3)35-51)38-56(42-58)52-20-12-16-46(4)36-52/h5-40H,1-4H3;5-42H,1-4H3. The van der Waals surface area contributed by atoms with Crippen LogP contribution in [0.15, 0.2) is 449 Å². The zero-order valence-corrected chi connectivity index (χ0v) is 81.8. The molecule has 0 saturated heterocycles. The largest absolute Gasteiger partial charge is 0.307 e. The summed E-state index contributed by atoms with van der Waals surface area (Å²) in [6, 6.07) is 148. The Bertz CT molecular complexity index is 8470. The summed E-state index contributed by atoms with van der Waals surface area (Å²) < 4.78 is 96.7. The number of hydrogen-bond donors (Lipinski definition) is 0. The first-order valence-electron chi connectivity index (χ1n) is 49.2. The van der Waals surface area contributed by atoms with Crippen LogP contribution in [-0.4, -0.2) is 0 Å². The molecule has 0 N–H and O–H groups in total. The van der Waals surface area contributed by atoms with Crippen molar-refractivity contribution in [3.8, 4) is 89.0 Å². The summed E-state index contributed by atoms with van der Waals surface area (Å²) >= 11 is 0. The van der Waals surface area contributed by atoms with Crippen molar-refractivity contribution in [3.63, 3.8) is 0 Å². The number of anilines is 12. The molecular weight excluding hydrogens is 1800 g/mol. The van der Waals surface area contributed by atoms with Crippen molar-refractivity contribution in [3.05, 3.63) is 528 Å². The second-order valence-corrected chi connectivity index (χ2v) is 38.6. The molecule has 146 heavy (non-hydrogen) atoms. The molecule has 0 aromatic heterocycles. The molecule has 10 heteroatoms. The van der Waals surface area contributed by atoms with E-state index in [1.54, 1.807) is 12.1 Å². The summed E-state index contributed by atoms with van der Waals surface area (Å²) in [5.74, 6) is -3.46. The third-order valence-corrected chi connectivity index (χ3v) is 28.2. The van der Waals surface area contributed by atoms with Crippen LogP contribution in [0.2, 0.25) is 0 Å². The lowest BCUT2D eigenvalue weighted by Crippen LogP contribution is -2.14. The van der Waals surface area contributed by atoms with Gasteiger partial charge in [0.1, 0.15) is 34.9 Å².